The predicted octanol–water partition coefficient (Wildman–Crippen LogP) is 3.60. The van der Waals surface area contributed by atoms with Gasteiger partial charge in [-0.05, 0) is 23.9 Å². The van der Waals surface area contributed by atoms with E-state index in [1.165, 1.54) is 0 Å². The van der Waals surface area contributed by atoms with Crippen LogP contribution in [0.25, 0.3) is 10.8 Å². The summed E-state index contributed by atoms with van der Waals surface area (Å²) in [5, 5.41) is 2.22. The van der Waals surface area contributed by atoms with Gasteiger partial charge in [0.2, 0.25) is 0 Å². The van der Waals surface area contributed by atoms with Crippen molar-refractivity contribution in [1.82, 2.24) is 4.98 Å². The zero-order valence-electron chi connectivity index (χ0n) is 12.2. The molecule has 0 aliphatic heterocycles. The maximum Gasteiger partial charge on any atom is 0.123 e. The van der Waals surface area contributed by atoms with Gasteiger partial charge in [-0.3, -0.25) is 4.98 Å². The van der Waals surface area contributed by atoms with E-state index >= 15 is 0 Å². The highest BCUT2D eigenvalue weighted by Crippen LogP contribution is 2.32. The van der Waals surface area contributed by atoms with E-state index in [0.717, 1.165) is 33.2 Å². The van der Waals surface area contributed by atoms with Crippen LogP contribution in [0, 0.1) is 6.92 Å². The number of nitrogens with zero attached hydrogens (tertiary/aromatic N) is 1. The maximum absolute atomic E-state index is 6.51. The van der Waals surface area contributed by atoms with Gasteiger partial charge in [-0.25, -0.2) is 0 Å². The highest BCUT2D eigenvalue weighted by atomic mass is 16.5. The summed E-state index contributed by atoms with van der Waals surface area (Å²) in [6.45, 7) is 2.05. The van der Waals surface area contributed by atoms with Gasteiger partial charge in [0.25, 0.3) is 0 Å². The van der Waals surface area contributed by atoms with Crippen LogP contribution in [0.5, 0.6) is 5.75 Å². The molecule has 1 aromatic heterocycles. The van der Waals surface area contributed by atoms with E-state index in [1.54, 1.807) is 7.11 Å². The molecule has 0 aliphatic carbocycles. The van der Waals surface area contributed by atoms with Crippen LogP contribution >= 0.6 is 0 Å². The number of benzene rings is 2. The number of hydrogen-bond acceptors (Lipinski definition) is 3. The fraction of sp³-hybridized carbons (Fsp3) is 0.167. The van der Waals surface area contributed by atoms with Crippen molar-refractivity contribution in [3.05, 3.63) is 71.5 Å². The summed E-state index contributed by atoms with van der Waals surface area (Å²) in [7, 11) is 1.67. The van der Waals surface area contributed by atoms with Gasteiger partial charge in [0, 0.05) is 23.3 Å². The lowest BCUT2D eigenvalue weighted by molar-refractivity contribution is 0.408. The monoisotopic (exact) mass is 278 g/mol. The van der Waals surface area contributed by atoms with E-state index in [9.17, 15) is 0 Å². The van der Waals surface area contributed by atoms with Crippen molar-refractivity contribution in [3.63, 3.8) is 0 Å². The minimum Gasteiger partial charge on any atom is -0.496 e. The Morgan fingerprint density at radius 1 is 1.05 bits per heavy atom. The predicted molar refractivity (Wildman–Crippen MR) is 85.5 cm³/mol. The van der Waals surface area contributed by atoms with Crippen LogP contribution in [-0.2, 0) is 0 Å². The average molecular weight is 278 g/mol. The van der Waals surface area contributed by atoms with E-state index in [2.05, 4.69) is 24.0 Å². The lowest BCUT2D eigenvalue weighted by Crippen LogP contribution is -2.14. The Balaban J connectivity index is 2.17. The Bertz CT molecular complexity index is 778. The molecule has 3 aromatic rings. The molecule has 1 unspecified atom stereocenters. The van der Waals surface area contributed by atoms with Gasteiger partial charge in [0.05, 0.1) is 13.2 Å². The summed E-state index contributed by atoms with van der Waals surface area (Å²) < 4.78 is 5.45. The lowest BCUT2D eigenvalue weighted by Gasteiger charge is -2.18. The number of aromatic nitrogens is 1. The Hall–Kier alpha value is -2.39. The summed E-state index contributed by atoms with van der Waals surface area (Å²) in [4.78, 5) is 4.32. The molecule has 3 rings (SSSR count). The Morgan fingerprint density at radius 3 is 2.67 bits per heavy atom. The molecular formula is C18H18N2O. The third-order valence-electron chi connectivity index (χ3n) is 3.75. The minimum absolute atomic E-state index is 0.265. The second-order valence-electron chi connectivity index (χ2n) is 5.17. The SMILES string of the molecule is COc1ccc(C)cc1C(N)c1cncc2ccccc12. The van der Waals surface area contributed by atoms with E-state index in [-0.39, 0.29) is 6.04 Å². The highest BCUT2D eigenvalue weighted by molar-refractivity contribution is 5.85. The Labute approximate surface area is 124 Å². The largest absolute Gasteiger partial charge is 0.496 e. The summed E-state index contributed by atoms with van der Waals surface area (Å²) in [6, 6.07) is 13.9. The first-order valence-corrected chi connectivity index (χ1v) is 6.93. The molecule has 3 nitrogen and oxygen atoms in total. The topological polar surface area (TPSA) is 48.1 Å². The van der Waals surface area contributed by atoms with E-state index in [1.807, 2.05) is 42.7 Å². The first-order valence-electron chi connectivity index (χ1n) is 6.93. The molecule has 21 heavy (non-hydrogen) atoms. The van der Waals surface area contributed by atoms with E-state index < -0.39 is 0 Å². The second-order valence-corrected chi connectivity index (χ2v) is 5.17. The van der Waals surface area contributed by atoms with Crippen molar-refractivity contribution < 1.29 is 4.74 Å². The molecule has 0 aliphatic rings. The van der Waals surface area contributed by atoms with E-state index in [0.29, 0.717) is 0 Å². The summed E-state index contributed by atoms with van der Waals surface area (Å²) in [5.41, 5.74) is 9.66. The Morgan fingerprint density at radius 2 is 1.86 bits per heavy atom. The van der Waals surface area contributed by atoms with Gasteiger partial charge in [0.15, 0.2) is 0 Å². The van der Waals surface area contributed by atoms with Gasteiger partial charge < -0.3 is 10.5 Å². The van der Waals surface area contributed by atoms with Crippen molar-refractivity contribution in [3.8, 4) is 5.75 Å². The third kappa shape index (κ3) is 2.48. The molecule has 0 fully saturated rings. The van der Waals surface area contributed by atoms with Crippen LogP contribution in [0.2, 0.25) is 0 Å². The van der Waals surface area contributed by atoms with Gasteiger partial charge in [-0.1, -0.05) is 42.0 Å². The molecule has 1 atom stereocenters. The second kappa shape index (κ2) is 5.54. The zero-order valence-corrected chi connectivity index (χ0v) is 12.2. The van der Waals surface area contributed by atoms with Crippen LogP contribution < -0.4 is 10.5 Å². The third-order valence-corrected chi connectivity index (χ3v) is 3.75. The van der Waals surface area contributed by atoms with Gasteiger partial charge in [0.1, 0.15) is 5.75 Å². The van der Waals surface area contributed by atoms with Crippen molar-refractivity contribution >= 4 is 10.8 Å². The van der Waals surface area contributed by atoms with Crippen molar-refractivity contribution in [1.29, 1.82) is 0 Å². The van der Waals surface area contributed by atoms with Crippen LogP contribution in [0.1, 0.15) is 22.7 Å². The molecule has 0 radical (unpaired) electrons. The summed E-state index contributed by atoms with van der Waals surface area (Å²) in [5.74, 6) is 0.807. The Kier molecular flexibility index (Phi) is 3.59. The fourth-order valence-electron chi connectivity index (χ4n) is 2.65. The van der Waals surface area contributed by atoms with Gasteiger partial charge >= 0.3 is 0 Å². The number of rotatable bonds is 3. The van der Waals surface area contributed by atoms with Crippen molar-refractivity contribution in [2.75, 3.05) is 7.11 Å². The number of ether oxygens (including phenoxy) is 1. The van der Waals surface area contributed by atoms with Crippen LogP contribution in [-0.4, -0.2) is 12.1 Å². The number of nitrogens with two attached hydrogens (primary N) is 1. The number of pyridine rings is 1. The summed E-state index contributed by atoms with van der Waals surface area (Å²) >= 11 is 0. The minimum atomic E-state index is -0.265. The molecule has 0 saturated carbocycles. The number of aryl methyl sites for hydroxylation is 1. The molecule has 0 spiro atoms. The molecule has 0 amide bonds. The summed E-state index contributed by atoms with van der Waals surface area (Å²) in [6.07, 6.45) is 3.70. The molecule has 2 aromatic carbocycles. The molecule has 1 heterocycles. The molecular weight excluding hydrogens is 260 g/mol. The first kappa shape index (κ1) is 13.6. The maximum atomic E-state index is 6.51. The van der Waals surface area contributed by atoms with Crippen LogP contribution in [0.15, 0.2) is 54.9 Å². The first-order chi connectivity index (χ1) is 10.2. The molecule has 2 N–H and O–H groups in total. The molecule has 3 heteroatoms. The number of fused-ring (bicyclic) bond motifs is 1. The van der Waals surface area contributed by atoms with Gasteiger partial charge in [-0.2, -0.15) is 0 Å². The average Bonchev–Trinajstić information content (AvgIpc) is 2.53. The normalized spacial score (nSPS) is 12.3. The molecule has 0 saturated heterocycles. The smallest absolute Gasteiger partial charge is 0.123 e. The lowest BCUT2D eigenvalue weighted by atomic mass is 9.95. The highest BCUT2D eigenvalue weighted by Gasteiger charge is 2.16. The van der Waals surface area contributed by atoms with Crippen LogP contribution in [0.3, 0.4) is 0 Å². The quantitative estimate of drug-likeness (QED) is 0.796. The zero-order chi connectivity index (χ0) is 14.8. The fourth-order valence-corrected chi connectivity index (χ4v) is 2.65. The van der Waals surface area contributed by atoms with Crippen molar-refractivity contribution in [2.45, 2.75) is 13.0 Å². The number of hydrogen-bond donors (Lipinski definition) is 1. The van der Waals surface area contributed by atoms with Gasteiger partial charge in [-0.15, -0.1) is 0 Å². The number of methoxy groups -OCH3 is 1. The standard InChI is InChI=1S/C18H18N2O/c1-12-7-8-17(21-2)15(9-12)18(19)16-11-20-10-13-5-3-4-6-14(13)16/h3-11,18H,19H2,1-2H3. The van der Waals surface area contributed by atoms with Crippen molar-refractivity contribution in [2.24, 2.45) is 5.73 Å². The molecule has 106 valence electrons. The molecule has 0 bridgehead atoms. The van der Waals surface area contributed by atoms with E-state index in [4.69, 9.17) is 10.5 Å². The van der Waals surface area contributed by atoms with Crippen LogP contribution in [0.4, 0.5) is 0 Å².